The van der Waals surface area contributed by atoms with E-state index in [1.165, 1.54) is 0 Å². The van der Waals surface area contributed by atoms with Gasteiger partial charge in [-0.15, -0.1) is 0 Å². The molecular formula is C23H24N2O4. The van der Waals surface area contributed by atoms with Crippen LogP contribution in [0.3, 0.4) is 0 Å². The van der Waals surface area contributed by atoms with Gasteiger partial charge in [-0.3, -0.25) is 14.7 Å². The standard InChI is InChI=1S/C23H24N2O4/c1-28-20-11-5-8-17(22(20)29-2)21(25-12-6-10-19(25)23(26)27)16-13-15-7-3-4-9-18(15)24-14-16/h3-5,7-9,11,13-14,19,21H,6,10,12H2,1-2H3,(H,26,27). The number of likely N-dealkylation sites (tertiary alicyclic amines) is 1. The Morgan fingerprint density at radius 1 is 1.17 bits per heavy atom. The maximum Gasteiger partial charge on any atom is 0.320 e. The molecule has 29 heavy (non-hydrogen) atoms. The van der Waals surface area contributed by atoms with Gasteiger partial charge in [0.15, 0.2) is 11.5 Å². The zero-order chi connectivity index (χ0) is 20.4. The second-order valence-electron chi connectivity index (χ2n) is 7.18. The highest BCUT2D eigenvalue weighted by molar-refractivity contribution is 5.79. The van der Waals surface area contributed by atoms with Crippen LogP contribution >= 0.6 is 0 Å². The van der Waals surface area contributed by atoms with Gasteiger partial charge in [0.2, 0.25) is 0 Å². The zero-order valence-corrected chi connectivity index (χ0v) is 16.5. The maximum absolute atomic E-state index is 12.0. The molecule has 0 saturated carbocycles. The Balaban J connectivity index is 1.91. The first-order chi connectivity index (χ1) is 14.1. The Kier molecular flexibility index (Phi) is 5.36. The van der Waals surface area contributed by atoms with Crippen LogP contribution in [0.5, 0.6) is 11.5 Å². The first kappa shape index (κ1) is 19.2. The van der Waals surface area contributed by atoms with Crippen molar-refractivity contribution in [2.75, 3.05) is 20.8 Å². The largest absolute Gasteiger partial charge is 0.493 e. The molecule has 2 unspecified atom stereocenters. The zero-order valence-electron chi connectivity index (χ0n) is 16.5. The fourth-order valence-corrected chi connectivity index (χ4v) is 4.28. The number of nitrogens with zero attached hydrogens (tertiary/aromatic N) is 2. The number of aliphatic carboxylic acids is 1. The first-order valence-electron chi connectivity index (χ1n) is 9.68. The number of fused-ring (bicyclic) bond motifs is 1. The van der Waals surface area contributed by atoms with Gasteiger partial charge in [-0.1, -0.05) is 30.3 Å². The van der Waals surface area contributed by atoms with Gasteiger partial charge in [-0.2, -0.15) is 0 Å². The molecule has 1 aromatic heterocycles. The molecule has 4 rings (SSSR count). The van der Waals surface area contributed by atoms with Crippen LogP contribution in [0.2, 0.25) is 0 Å². The van der Waals surface area contributed by atoms with Crippen LogP contribution in [0.15, 0.2) is 54.7 Å². The molecule has 1 saturated heterocycles. The van der Waals surface area contributed by atoms with E-state index < -0.39 is 12.0 Å². The molecule has 150 valence electrons. The smallest absolute Gasteiger partial charge is 0.320 e. The normalized spacial score (nSPS) is 17.9. The summed E-state index contributed by atoms with van der Waals surface area (Å²) in [7, 11) is 3.21. The van der Waals surface area contributed by atoms with Crippen LogP contribution < -0.4 is 9.47 Å². The van der Waals surface area contributed by atoms with E-state index in [2.05, 4.69) is 11.1 Å². The van der Waals surface area contributed by atoms with Gasteiger partial charge in [0.1, 0.15) is 6.04 Å². The number of ether oxygens (including phenoxy) is 2. The van der Waals surface area contributed by atoms with E-state index in [0.717, 1.165) is 28.5 Å². The van der Waals surface area contributed by atoms with Crippen LogP contribution in [-0.2, 0) is 4.79 Å². The number of hydrogen-bond acceptors (Lipinski definition) is 5. The number of methoxy groups -OCH3 is 2. The summed E-state index contributed by atoms with van der Waals surface area (Å²) in [6.07, 6.45) is 3.29. The summed E-state index contributed by atoms with van der Waals surface area (Å²) in [5.74, 6) is 0.433. The second-order valence-corrected chi connectivity index (χ2v) is 7.18. The lowest BCUT2D eigenvalue weighted by atomic mass is 9.95. The predicted octanol–water partition coefficient (Wildman–Crippen LogP) is 3.89. The molecule has 0 radical (unpaired) electrons. The van der Waals surface area contributed by atoms with E-state index >= 15 is 0 Å². The predicted molar refractivity (Wildman–Crippen MR) is 110 cm³/mol. The van der Waals surface area contributed by atoms with E-state index in [-0.39, 0.29) is 6.04 Å². The van der Waals surface area contributed by atoms with Crippen molar-refractivity contribution in [3.63, 3.8) is 0 Å². The summed E-state index contributed by atoms with van der Waals surface area (Å²) in [6, 6.07) is 14.9. The number of carboxylic acid groups (broad SMARTS) is 1. The number of aromatic nitrogens is 1. The molecule has 3 aromatic rings. The minimum atomic E-state index is -0.803. The third kappa shape index (κ3) is 3.51. The lowest BCUT2D eigenvalue weighted by molar-refractivity contribution is -0.142. The van der Waals surface area contributed by atoms with Gasteiger partial charge in [0, 0.05) is 23.7 Å². The molecule has 1 N–H and O–H groups in total. The maximum atomic E-state index is 12.0. The molecule has 0 bridgehead atoms. The van der Waals surface area contributed by atoms with E-state index in [1.807, 2.05) is 53.6 Å². The molecule has 1 aliphatic heterocycles. The van der Waals surface area contributed by atoms with Gasteiger partial charge < -0.3 is 14.6 Å². The van der Waals surface area contributed by atoms with Crippen molar-refractivity contribution in [1.29, 1.82) is 0 Å². The number of pyridine rings is 1. The molecule has 2 atom stereocenters. The molecule has 6 heteroatoms. The van der Waals surface area contributed by atoms with E-state index in [1.54, 1.807) is 14.2 Å². The molecule has 1 aliphatic rings. The second kappa shape index (κ2) is 8.09. The highest BCUT2D eigenvalue weighted by Crippen LogP contribution is 2.42. The first-order valence-corrected chi connectivity index (χ1v) is 9.68. The molecule has 0 spiro atoms. The van der Waals surface area contributed by atoms with Crippen molar-refractivity contribution in [1.82, 2.24) is 9.88 Å². The average Bonchev–Trinajstić information content (AvgIpc) is 3.23. The average molecular weight is 392 g/mol. The van der Waals surface area contributed by atoms with Crippen molar-refractivity contribution in [2.45, 2.75) is 24.9 Å². The van der Waals surface area contributed by atoms with Crippen LogP contribution in [0, 0.1) is 0 Å². The number of carbonyl (C=O) groups is 1. The van der Waals surface area contributed by atoms with E-state index in [0.29, 0.717) is 24.5 Å². The van der Waals surface area contributed by atoms with E-state index in [9.17, 15) is 9.90 Å². The molecule has 0 amide bonds. The topological polar surface area (TPSA) is 71.9 Å². The molecule has 6 nitrogen and oxygen atoms in total. The van der Waals surface area contributed by atoms with Crippen molar-refractivity contribution in [2.24, 2.45) is 0 Å². The SMILES string of the molecule is COc1cccc(C(c2cnc3ccccc3c2)N2CCCC2C(=O)O)c1OC. The van der Waals surface area contributed by atoms with Crippen molar-refractivity contribution >= 4 is 16.9 Å². The van der Waals surface area contributed by atoms with Crippen molar-refractivity contribution in [3.8, 4) is 11.5 Å². The molecule has 2 aromatic carbocycles. The Bertz CT molecular complexity index is 1040. The summed E-state index contributed by atoms with van der Waals surface area (Å²) in [4.78, 5) is 18.6. The number of benzene rings is 2. The highest BCUT2D eigenvalue weighted by atomic mass is 16.5. The Labute approximate surface area is 169 Å². The third-order valence-corrected chi connectivity index (χ3v) is 5.57. The fraction of sp³-hybridized carbons (Fsp3) is 0.304. The lowest BCUT2D eigenvalue weighted by Crippen LogP contribution is -2.39. The van der Waals surface area contributed by atoms with Gasteiger partial charge >= 0.3 is 5.97 Å². The quantitative estimate of drug-likeness (QED) is 0.686. The van der Waals surface area contributed by atoms with Crippen LogP contribution in [0.1, 0.15) is 30.0 Å². The summed E-state index contributed by atoms with van der Waals surface area (Å²) in [6.45, 7) is 0.689. The summed E-state index contributed by atoms with van der Waals surface area (Å²) in [5, 5.41) is 10.8. The van der Waals surface area contributed by atoms with Gasteiger partial charge in [-0.05, 0) is 36.6 Å². The highest BCUT2D eigenvalue weighted by Gasteiger charge is 2.38. The fourth-order valence-electron chi connectivity index (χ4n) is 4.28. The van der Waals surface area contributed by atoms with Crippen molar-refractivity contribution in [3.05, 3.63) is 65.9 Å². The Morgan fingerprint density at radius 2 is 2.00 bits per heavy atom. The third-order valence-electron chi connectivity index (χ3n) is 5.57. The number of carboxylic acids is 1. The van der Waals surface area contributed by atoms with Crippen molar-refractivity contribution < 1.29 is 19.4 Å². The van der Waals surface area contributed by atoms with Crippen LogP contribution in [0.4, 0.5) is 0 Å². The van der Waals surface area contributed by atoms with Gasteiger partial charge in [-0.25, -0.2) is 0 Å². The molecule has 0 aliphatic carbocycles. The van der Waals surface area contributed by atoms with Gasteiger partial charge in [0.05, 0.1) is 25.8 Å². The Morgan fingerprint density at radius 3 is 2.76 bits per heavy atom. The Hall–Kier alpha value is -3.12. The molecular weight excluding hydrogens is 368 g/mol. The number of rotatable bonds is 6. The summed E-state index contributed by atoms with van der Waals surface area (Å²) >= 11 is 0. The van der Waals surface area contributed by atoms with Gasteiger partial charge in [0.25, 0.3) is 0 Å². The monoisotopic (exact) mass is 392 g/mol. The molecule has 1 fully saturated rings. The molecule has 2 heterocycles. The van der Waals surface area contributed by atoms with Crippen LogP contribution in [-0.4, -0.2) is 47.8 Å². The number of para-hydroxylation sites is 2. The van der Waals surface area contributed by atoms with Crippen LogP contribution in [0.25, 0.3) is 10.9 Å². The lowest BCUT2D eigenvalue weighted by Gasteiger charge is -2.33. The van der Waals surface area contributed by atoms with E-state index in [4.69, 9.17) is 9.47 Å². The number of hydrogen-bond donors (Lipinski definition) is 1. The minimum absolute atomic E-state index is 0.305. The minimum Gasteiger partial charge on any atom is -0.493 e. The summed E-state index contributed by atoms with van der Waals surface area (Å²) < 4.78 is 11.2. The summed E-state index contributed by atoms with van der Waals surface area (Å²) in [5.41, 5.74) is 2.71.